The average Bonchev–Trinajstić information content (AvgIpc) is 3.01. The third-order valence-electron chi connectivity index (χ3n) is 4.10. The minimum Gasteiger partial charge on any atom is -0.355 e. The maximum atomic E-state index is 12.9. The number of rotatable bonds is 6. The van der Waals surface area contributed by atoms with Crippen molar-refractivity contribution in [2.24, 2.45) is 0 Å². The molecule has 142 valence electrons. The van der Waals surface area contributed by atoms with Crippen molar-refractivity contribution in [3.63, 3.8) is 0 Å². The first kappa shape index (κ1) is 20.4. The molecule has 0 aliphatic carbocycles. The van der Waals surface area contributed by atoms with Gasteiger partial charge in [0.05, 0.1) is 22.7 Å². The van der Waals surface area contributed by atoms with Gasteiger partial charge in [0, 0.05) is 23.3 Å². The fourth-order valence-electron chi connectivity index (χ4n) is 2.43. The molecule has 0 saturated carbocycles. The zero-order chi connectivity index (χ0) is 19.5. The van der Waals surface area contributed by atoms with Crippen LogP contribution in [0.15, 0.2) is 29.6 Å². The standard InChI is InChI=1S/C19H23F3N2OS/c1-12(2)17-24-15(10-26-17)9-16(25)23-11-18(3,4)13-6-5-7-14(8-13)19(20,21)22/h5-8,10,12H,9,11H2,1-4H3,(H,23,25). The van der Waals surface area contributed by atoms with Gasteiger partial charge in [0.2, 0.25) is 5.91 Å². The van der Waals surface area contributed by atoms with E-state index in [9.17, 15) is 18.0 Å². The minimum absolute atomic E-state index is 0.169. The number of carbonyl (C=O) groups is 1. The maximum Gasteiger partial charge on any atom is 0.416 e. The quantitative estimate of drug-likeness (QED) is 0.768. The molecule has 0 saturated heterocycles. The second-order valence-electron chi connectivity index (χ2n) is 7.25. The van der Waals surface area contributed by atoms with Crippen molar-refractivity contribution in [3.05, 3.63) is 51.5 Å². The number of nitrogens with zero attached hydrogens (tertiary/aromatic N) is 1. The van der Waals surface area contributed by atoms with Crippen LogP contribution in [0.5, 0.6) is 0 Å². The van der Waals surface area contributed by atoms with Gasteiger partial charge in [0.15, 0.2) is 0 Å². The highest BCUT2D eigenvalue weighted by molar-refractivity contribution is 7.09. The monoisotopic (exact) mass is 384 g/mol. The Morgan fingerprint density at radius 2 is 1.88 bits per heavy atom. The normalized spacial score (nSPS) is 12.5. The van der Waals surface area contributed by atoms with Crippen LogP contribution in [-0.2, 0) is 22.8 Å². The third kappa shape index (κ3) is 5.30. The van der Waals surface area contributed by atoms with E-state index in [0.29, 0.717) is 17.2 Å². The van der Waals surface area contributed by atoms with Gasteiger partial charge in [-0.1, -0.05) is 45.9 Å². The predicted octanol–water partition coefficient (Wildman–Crippen LogP) is 4.92. The van der Waals surface area contributed by atoms with Gasteiger partial charge in [0.1, 0.15) is 0 Å². The third-order valence-corrected chi connectivity index (χ3v) is 5.30. The molecule has 1 aromatic carbocycles. The van der Waals surface area contributed by atoms with Gasteiger partial charge >= 0.3 is 6.18 Å². The number of benzene rings is 1. The summed E-state index contributed by atoms with van der Waals surface area (Å²) in [6.07, 6.45) is -4.21. The highest BCUT2D eigenvalue weighted by Crippen LogP contribution is 2.32. The molecule has 26 heavy (non-hydrogen) atoms. The summed E-state index contributed by atoms with van der Waals surface area (Å²) in [6, 6.07) is 5.23. The first-order valence-corrected chi connectivity index (χ1v) is 9.26. The van der Waals surface area contributed by atoms with Crippen molar-refractivity contribution in [2.75, 3.05) is 6.54 Å². The van der Waals surface area contributed by atoms with Crippen LogP contribution in [-0.4, -0.2) is 17.4 Å². The van der Waals surface area contributed by atoms with E-state index in [1.807, 2.05) is 33.1 Å². The number of carbonyl (C=O) groups excluding carboxylic acids is 1. The van der Waals surface area contributed by atoms with Gasteiger partial charge < -0.3 is 5.32 Å². The fraction of sp³-hybridized carbons (Fsp3) is 0.474. The summed E-state index contributed by atoms with van der Waals surface area (Å²) in [4.78, 5) is 16.6. The maximum absolute atomic E-state index is 12.9. The summed E-state index contributed by atoms with van der Waals surface area (Å²) in [7, 11) is 0. The summed E-state index contributed by atoms with van der Waals surface area (Å²) in [6.45, 7) is 7.94. The van der Waals surface area contributed by atoms with Crippen molar-refractivity contribution in [1.82, 2.24) is 10.3 Å². The van der Waals surface area contributed by atoms with E-state index >= 15 is 0 Å². The van der Waals surface area contributed by atoms with E-state index in [4.69, 9.17) is 0 Å². The van der Waals surface area contributed by atoms with Gasteiger partial charge in [-0.3, -0.25) is 4.79 Å². The van der Waals surface area contributed by atoms with E-state index in [2.05, 4.69) is 10.3 Å². The van der Waals surface area contributed by atoms with E-state index in [-0.39, 0.29) is 18.9 Å². The smallest absolute Gasteiger partial charge is 0.355 e. The Kier molecular flexibility index (Phi) is 6.11. The molecule has 2 aromatic rings. The van der Waals surface area contributed by atoms with Crippen LogP contribution in [0, 0.1) is 0 Å². The van der Waals surface area contributed by atoms with Crippen LogP contribution in [0.2, 0.25) is 0 Å². The van der Waals surface area contributed by atoms with Crippen molar-refractivity contribution in [3.8, 4) is 0 Å². The van der Waals surface area contributed by atoms with Crippen LogP contribution in [0.25, 0.3) is 0 Å². The Hall–Kier alpha value is -1.89. The molecular weight excluding hydrogens is 361 g/mol. The molecule has 0 spiro atoms. The van der Waals surface area contributed by atoms with Gasteiger partial charge in [-0.25, -0.2) is 4.98 Å². The van der Waals surface area contributed by atoms with Crippen LogP contribution >= 0.6 is 11.3 Å². The first-order chi connectivity index (χ1) is 12.0. The molecule has 3 nitrogen and oxygen atoms in total. The van der Waals surface area contributed by atoms with Gasteiger partial charge in [-0.05, 0) is 11.6 Å². The molecule has 1 N–H and O–H groups in total. The largest absolute Gasteiger partial charge is 0.416 e. The summed E-state index contributed by atoms with van der Waals surface area (Å²) in [5.41, 5.74) is -0.0585. The zero-order valence-electron chi connectivity index (χ0n) is 15.3. The lowest BCUT2D eigenvalue weighted by Gasteiger charge is -2.26. The number of halogens is 3. The molecule has 2 rings (SSSR count). The summed E-state index contributed by atoms with van der Waals surface area (Å²) >= 11 is 1.53. The van der Waals surface area contributed by atoms with Crippen molar-refractivity contribution >= 4 is 17.2 Å². The lowest BCUT2D eigenvalue weighted by molar-refractivity contribution is -0.137. The number of thiazole rings is 1. The van der Waals surface area contributed by atoms with Crippen molar-refractivity contribution < 1.29 is 18.0 Å². The molecule has 0 atom stereocenters. The van der Waals surface area contributed by atoms with E-state index in [1.165, 1.54) is 17.4 Å². The number of aromatic nitrogens is 1. The van der Waals surface area contributed by atoms with Crippen molar-refractivity contribution in [1.29, 1.82) is 0 Å². The second-order valence-corrected chi connectivity index (χ2v) is 8.14. The van der Waals surface area contributed by atoms with E-state index < -0.39 is 17.2 Å². The lowest BCUT2D eigenvalue weighted by atomic mass is 9.83. The van der Waals surface area contributed by atoms with Crippen LogP contribution < -0.4 is 5.32 Å². The topological polar surface area (TPSA) is 42.0 Å². The predicted molar refractivity (Wildman–Crippen MR) is 97.4 cm³/mol. The second kappa shape index (κ2) is 7.78. The molecule has 0 radical (unpaired) electrons. The zero-order valence-corrected chi connectivity index (χ0v) is 16.1. The molecule has 1 aromatic heterocycles. The summed E-state index contributed by atoms with van der Waals surface area (Å²) < 4.78 is 38.7. The Balaban J connectivity index is 1.99. The molecule has 1 heterocycles. The molecule has 0 bridgehead atoms. The SMILES string of the molecule is CC(C)c1nc(CC(=O)NCC(C)(C)c2cccc(C(F)(F)F)c2)cs1. The molecule has 7 heteroatoms. The number of alkyl halides is 3. The Morgan fingerprint density at radius 3 is 2.46 bits per heavy atom. The van der Waals surface area contributed by atoms with Gasteiger partial charge in [-0.2, -0.15) is 13.2 Å². The Bertz CT molecular complexity index is 766. The number of nitrogens with one attached hydrogen (secondary N) is 1. The highest BCUT2D eigenvalue weighted by Gasteiger charge is 2.32. The molecule has 0 fully saturated rings. The van der Waals surface area contributed by atoms with E-state index in [0.717, 1.165) is 17.1 Å². The first-order valence-electron chi connectivity index (χ1n) is 8.38. The number of amides is 1. The number of hydrogen-bond acceptors (Lipinski definition) is 3. The highest BCUT2D eigenvalue weighted by atomic mass is 32.1. The summed E-state index contributed by atoms with van der Waals surface area (Å²) in [5, 5.41) is 5.66. The van der Waals surface area contributed by atoms with E-state index in [1.54, 1.807) is 6.07 Å². The average molecular weight is 384 g/mol. The van der Waals surface area contributed by atoms with Crippen LogP contribution in [0.1, 0.15) is 55.4 Å². The minimum atomic E-state index is -4.38. The van der Waals surface area contributed by atoms with Gasteiger partial charge in [0.25, 0.3) is 0 Å². The number of hydrogen-bond donors (Lipinski definition) is 1. The molecule has 1 amide bonds. The Labute approximate surface area is 155 Å². The molecular formula is C19H23F3N2OS. The molecule has 0 aliphatic rings. The van der Waals surface area contributed by atoms with Crippen LogP contribution in [0.4, 0.5) is 13.2 Å². The van der Waals surface area contributed by atoms with Crippen molar-refractivity contribution in [2.45, 2.75) is 51.6 Å². The Morgan fingerprint density at radius 1 is 1.23 bits per heavy atom. The van der Waals surface area contributed by atoms with Gasteiger partial charge in [-0.15, -0.1) is 11.3 Å². The van der Waals surface area contributed by atoms with Crippen LogP contribution in [0.3, 0.4) is 0 Å². The molecule has 0 aliphatic heterocycles. The fourth-order valence-corrected chi connectivity index (χ4v) is 3.27. The summed E-state index contributed by atoms with van der Waals surface area (Å²) in [5.74, 6) is 0.127. The molecule has 0 unspecified atom stereocenters. The lowest BCUT2D eigenvalue weighted by Crippen LogP contribution is -2.37.